The summed E-state index contributed by atoms with van der Waals surface area (Å²) in [5, 5.41) is 12.9. The molecule has 3 aromatic carbocycles. The summed E-state index contributed by atoms with van der Waals surface area (Å²) in [6.07, 6.45) is -0.168. The lowest BCUT2D eigenvalue weighted by molar-refractivity contribution is -0.146. The minimum Gasteiger partial charge on any atom is -0.497 e. The van der Waals surface area contributed by atoms with Gasteiger partial charge in [0.15, 0.2) is 6.61 Å². The molecule has 37 heavy (non-hydrogen) atoms. The van der Waals surface area contributed by atoms with Crippen molar-refractivity contribution >= 4 is 46.0 Å². The van der Waals surface area contributed by atoms with E-state index in [1.807, 2.05) is 6.07 Å². The highest BCUT2D eigenvalue weighted by atomic mass is 35.5. The van der Waals surface area contributed by atoms with E-state index in [-0.39, 0.29) is 12.3 Å². The highest BCUT2D eigenvalue weighted by molar-refractivity contribution is 6.30. The Hall–Kier alpha value is -4.61. The van der Waals surface area contributed by atoms with Gasteiger partial charge in [0.2, 0.25) is 0 Å². The van der Waals surface area contributed by atoms with Crippen molar-refractivity contribution in [2.45, 2.75) is 13.3 Å². The van der Waals surface area contributed by atoms with Crippen molar-refractivity contribution in [2.24, 2.45) is 0 Å². The smallest absolute Gasteiger partial charge is 0.310 e. The van der Waals surface area contributed by atoms with Crippen LogP contribution >= 0.6 is 11.6 Å². The Morgan fingerprint density at radius 1 is 1.05 bits per heavy atom. The van der Waals surface area contributed by atoms with Crippen LogP contribution in [0.3, 0.4) is 0 Å². The number of para-hydroxylation sites is 1. The second kappa shape index (κ2) is 11.0. The van der Waals surface area contributed by atoms with Crippen LogP contribution in [0.4, 0.5) is 5.69 Å². The van der Waals surface area contributed by atoms with Crippen molar-refractivity contribution in [1.82, 2.24) is 4.57 Å². The number of benzene rings is 3. The molecule has 0 aliphatic carbocycles. The van der Waals surface area contributed by atoms with Gasteiger partial charge in [-0.25, -0.2) is 0 Å². The number of fused-ring (bicyclic) bond motifs is 1. The number of hydrogen-bond acceptors (Lipinski definition) is 6. The second-order valence-electron chi connectivity index (χ2n) is 8.14. The zero-order valence-electron chi connectivity index (χ0n) is 20.1. The average molecular weight is 516 g/mol. The van der Waals surface area contributed by atoms with E-state index >= 15 is 0 Å². The largest absolute Gasteiger partial charge is 0.497 e. The third kappa shape index (κ3) is 5.47. The molecular weight excluding hydrogens is 494 g/mol. The van der Waals surface area contributed by atoms with Gasteiger partial charge in [0, 0.05) is 21.7 Å². The van der Waals surface area contributed by atoms with Gasteiger partial charge in [-0.1, -0.05) is 23.7 Å². The van der Waals surface area contributed by atoms with Gasteiger partial charge in [-0.3, -0.25) is 19.0 Å². The Morgan fingerprint density at radius 2 is 1.78 bits per heavy atom. The number of anilines is 1. The highest BCUT2D eigenvalue weighted by Crippen LogP contribution is 2.31. The number of carbonyl (C=O) groups is 3. The van der Waals surface area contributed by atoms with Crippen LogP contribution in [0.5, 0.6) is 5.75 Å². The fraction of sp³-hybridized carbons (Fsp3) is 0.143. The summed E-state index contributed by atoms with van der Waals surface area (Å²) in [5.41, 5.74) is 2.81. The Labute approximate surface area is 218 Å². The van der Waals surface area contributed by atoms with Gasteiger partial charge in [0.25, 0.3) is 11.8 Å². The molecule has 0 bridgehead atoms. The standard InChI is InChI=1S/C28H22ClN3O5/c1-17-22(14-27(34)37-16-26(33)31-24-6-4-3-5-19(24)15-30)23-13-21(36-2)11-12-25(23)32(17)28(35)18-7-9-20(29)10-8-18/h3-13H,14,16H2,1-2H3,(H,31,33). The predicted molar refractivity (Wildman–Crippen MR) is 139 cm³/mol. The van der Waals surface area contributed by atoms with Crippen molar-refractivity contribution in [3.8, 4) is 11.8 Å². The summed E-state index contributed by atoms with van der Waals surface area (Å²) in [7, 11) is 1.53. The number of amides is 1. The number of nitrogens with one attached hydrogen (secondary N) is 1. The first-order valence-electron chi connectivity index (χ1n) is 11.2. The zero-order chi connectivity index (χ0) is 26.5. The summed E-state index contributed by atoms with van der Waals surface area (Å²) in [6.45, 7) is 1.22. The first-order valence-corrected chi connectivity index (χ1v) is 11.6. The Balaban J connectivity index is 1.57. The van der Waals surface area contributed by atoms with Gasteiger partial charge in [0.05, 0.1) is 30.3 Å². The van der Waals surface area contributed by atoms with Crippen molar-refractivity contribution in [2.75, 3.05) is 19.0 Å². The van der Waals surface area contributed by atoms with Crippen LogP contribution < -0.4 is 10.1 Å². The number of rotatable bonds is 7. The van der Waals surface area contributed by atoms with E-state index in [1.54, 1.807) is 73.7 Å². The summed E-state index contributed by atoms with van der Waals surface area (Å²) in [4.78, 5) is 38.4. The summed E-state index contributed by atoms with van der Waals surface area (Å²) in [6, 6.07) is 20.3. The molecule has 0 spiro atoms. The topological polar surface area (TPSA) is 110 Å². The van der Waals surface area contributed by atoms with Gasteiger partial charge >= 0.3 is 5.97 Å². The lowest BCUT2D eigenvalue weighted by Crippen LogP contribution is -2.22. The lowest BCUT2D eigenvalue weighted by atomic mass is 10.1. The van der Waals surface area contributed by atoms with Crippen LogP contribution in [0.1, 0.15) is 27.2 Å². The van der Waals surface area contributed by atoms with Crippen LogP contribution in [-0.2, 0) is 20.7 Å². The summed E-state index contributed by atoms with van der Waals surface area (Å²) in [5.74, 6) is -0.935. The van der Waals surface area contributed by atoms with Crippen molar-refractivity contribution in [3.63, 3.8) is 0 Å². The van der Waals surface area contributed by atoms with E-state index in [9.17, 15) is 14.4 Å². The van der Waals surface area contributed by atoms with Gasteiger partial charge in [-0.15, -0.1) is 0 Å². The zero-order valence-corrected chi connectivity index (χ0v) is 20.8. The number of nitriles is 1. The van der Waals surface area contributed by atoms with Gasteiger partial charge in [0.1, 0.15) is 11.8 Å². The third-order valence-corrected chi connectivity index (χ3v) is 6.10. The van der Waals surface area contributed by atoms with Crippen molar-refractivity contribution in [3.05, 3.63) is 94.1 Å². The maximum absolute atomic E-state index is 13.4. The van der Waals surface area contributed by atoms with Crippen LogP contribution in [-0.4, -0.2) is 36.1 Å². The normalized spacial score (nSPS) is 10.5. The second-order valence-corrected chi connectivity index (χ2v) is 8.57. The minimum absolute atomic E-state index is 0.168. The number of ether oxygens (including phenoxy) is 2. The molecule has 1 heterocycles. The molecule has 0 saturated carbocycles. The number of esters is 1. The summed E-state index contributed by atoms with van der Waals surface area (Å²) < 4.78 is 12.1. The molecule has 9 heteroatoms. The predicted octanol–water partition coefficient (Wildman–Crippen LogP) is 4.90. The molecule has 0 unspecified atom stereocenters. The Bertz CT molecular complexity index is 1550. The first-order chi connectivity index (χ1) is 17.8. The molecule has 0 saturated heterocycles. The van der Waals surface area contributed by atoms with E-state index in [0.717, 1.165) is 0 Å². The number of nitrogens with zero attached hydrogens (tertiary/aromatic N) is 2. The maximum atomic E-state index is 13.4. The molecule has 8 nitrogen and oxygen atoms in total. The molecule has 1 aromatic heterocycles. The number of halogens is 1. The SMILES string of the molecule is COc1ccc2c(c1)c(CC(=O)OCC(=O)Nc1ccccc1C#N)c(C)n2C(=O)c1ccc(Cl)cc1. The van der Waals surface area contributed by atoms with Crippen LogP contribution in [0, 0.1) is 18.3 Å². The fourth-order valence-electron chi connectivity index (χ4n) is 4.01. The number of aromatic nitrogens is 1. The molecule has 1 amide bonds. The number of carbonyl (C=O) groups excluding carboxylic acids is 3. The van der Waals surface area contributed by atoms with E-state index in [4.69, 9.17) is 26.3 Å². The highest BCUT2D eigenvalue weighted by Gasteiger charge is 2.23. The molecule has 186 valence electrons. The maximum Gasteiger partial charge on any atom is 0.310 e. The van der Waals surface area contributed by atoms with Gasteiger partial charge in [-0.2, -0.15) is 5.26 Å². The number of methoxy groups -OCH3 is 1. The van der Waals surface area contributed by atoms with Crippen LogP contribution in [0.25, 0.3) is 10.9 Å². The third-order valence-electron chi connectivity index (χ3n) is 5.84. The molecule has 0 radical (unpaired) electrons. The molecule has 4 aromatic rings. The average Bonchev–Trinajstić information content (AvgIpc) is 3.17. The van der Waals surface area contributed by atoms with Crippen molar-refractivity contribution in [1.29, 1.82) is 5.26 Å². The molecule has 0 fully saturated rings. The Kier molecular flexibility index (Phi) is 7.56. The van der Waals surface area contributed by atoms with E-state index in [1.165, 1.54) is 11.7 Å². The van der Waals surface area contributed by atoms with Gasteiger partial charge in [-0.05, 0) is 67.1 Å². The lowest BCUT2D eigenvalue weighted by Gasteiger charge is -2.09. The van der Waals surface area contributed by atoms with Crippen LogP contribution in [0.2, 0.25) is 5.02 Å². The van der Waals surface area contributed by atoms with Crippen molar-refractivity contribution < 1.29 is 23.9 Å². The molecule has 0 aliphatic heterocycles. The first kappa shape index (κ1) is 25.5. The van der Waals surface area contributed by atoms with E-state index < -0.39 is 18.5 Å². The fourth-order valence-corrected chi connectivity index (χ4v) is 4.14. The Morgan fingerprint density at radius 3 is 2.49 bits per heavy atom. The van der Waals surface area contributed by atoms with Gasteiger partial charge < -0.3 is 14.8 Å². The quantitative estimate of drug-likeness (QED) is 0.351. The monoisotopic (exact) mass is 515 g/mol. The molecule has 1 N–H and O–H groups in total. The molecule has 0 atom stereocenters. The minimum atomic E-state index is -0.646. The molecular formula is C28H22ClN3O5. The number of hydrogen-bond donors (Lipinski definition) is 1. The molecule has 0 aliphatic rings. The van der Waals surface area contributed by atoms with E-state index in [0.29, 0.717) is 49.7 Å². The molecule has 4 rings (SSSR count). The summed E-state index contributed by atoms with van der Waals surface area (Å²) >= 11 is 5.97. The van der Waals surface area contributed by atoms with E-state index in [2.05, 4.69) is 5.32 Å². The van der Waals surface area contributed by atoms with Crippen LogP contribution in [0.15, 0.2) is 66.7 Å².